The fourth-order valence-corrected chi connectivity index (χ4v) is 4.73. The number of nitrogens with one attached hydrogen (secondary N) is 4. The first-order valence-corrected chi connectivity index (χ1v) is 13.8. The van der Waals surface area contributed by atoms with Crippen LogP contribution in [-0.4, -0.2) is 33.5 Å². The summed E-state index contributed by atoms with van der Waals surface area (Å²) >= 11 is 0. The van der Waals surface area contributed by atoms with Crippen LogP contribution >= 0.6 is 0 Å². The third-order valence-corrected chi connectivity index (χ3v) is 6.95. The van der Waals surface area contributed by atoms with Gasteiger partial charge in [-0.25, -0.2) is 14.8 Å². The minimum atomic E-state index is -0.415. The molecular weight excluding hydrogens is 518 g/mol. The summed E-state index contributed by atoms with van der Waals surface area (Å²) in [5.74, 6) is 1.84. The van der Waals surface area contributed by atoms with Gasteiger partial charge in [-0.05, 0) is 36.1 Å². The second-order valence-electron chi connectivity index (χ2n) is 12.4. The van der Waals surface area contributed by atoms with Gasteiger partial charge in [-0.1, -0.05) is 65.8 Å². The average molecular weight is 560 g/mol. The SMILES string of the molecule is COCc1nc(NC(=O)NC2CCC(Oc3ccc(=N)n(C(=N)C(C)(C)C)c3)c3ccccc32)cc(C(C)(C)C)n1. The highest BCUT2D eigenvalue weighted by Crippen LogP contribution is 2.38. The topological polar surface area (TPSA) is 138 Å². The molecule has 0 bridgehead atoms. The molecule has 1 aliphatic carbocycles. The number of benzene rings is 1. The number of pyridine rings is 1. The van der Waals surface area contributed by atoms with Gasteiger partial charge >= 0.3 is 6.03 Å². The van der Waals surface area contributed by atoms with Crippen molar-refractivity contribution < 1.29 is 14.3 Å². The van der Waals surface area contributed by atoms with Crippen molar-refractivity contribution in [1.29, 1.82) is 10.8 Å². The lowest BCUT2D eigenvalue weighted by molar-refractivity contribution is 0.171. The first-order valence-electron chi connectivity index (χ1n) is 13.8. The van der Waals surface area contributed by atoms with Crippen LogP contribution in [-0.2, 0) is 16.8 Å². The van der Waals surface area contributed by atoms with Gasteiger partial charge in [0.15, 0.2) is 5.82 Å². The summed E-state index contributed by atoms with van der Waals surface area (Å²) in [4.78, 5) is 22.2. The predicted molar refractivity (Wildman–Crippen MR) is 158 cm³/mol. The van der Waals surface area contributed by atoms with Crippen LogP contribution in [0.3, 0.4) is 0 Å². The van der Waals surface area contributed by atoms with E-state index in [4.69, 9.17) is 20.3 Å². The summed E-state index contributed by atoms with van der Waals surface area (Å²) in [5, 5.41) is 22.8. The number of fused-ring (bicyclic) bond motifs is 1. The average Bonchev–Trinajstić information content (AvgIpc) is 2.89. The molecule has 0 saturated carbocycles. The summed E-state index contributed by atoms with van der Waals surface area (Å²) in [6.45, 7) is 12.3. The van der Waals surface area contributed by atoms with Crippen molar-refractivity contribution in [2.24, 2.45) is 5.41 Å². The molecule has 2 unspecified atom stereocenters. The zero-order chi connectivity index (χ0) is 29.9. The van der Waals surface area contributed by atoms with Crippen LogP contribution in [0, 0.1) is 16.2 Å². The largest absolute Gasteiger partial charge is 0.484 e. The Morgan fingerprint density at radius 1 is 1.05 bits per heavy atom. The molecule has 2 aromatic heterocycles. The number of hydrogen-bond donors (Lipinski definition) is 4. The fraction of sp³-hybridized carbons (Fsp3) is 0.452. The highest BCUT2D eigenvalue weighted by Gasteiger charge is 2.30. The van der Waals surface area contributed by atoms with Gasteiger partial charge in [0.05, 0.1) is 17.9 Å². The number of hydrogen-bond acceptors (Lipinski definition) is 7. The Balaban J connectivity index is 1.51. The maximum absolute atomic E-state index is 13.1. The van der Waals surface area contributed by atoms with Gasteiger partial charge in [-0.2, -0.15) is 0 Å². The Morgan fingerprint density at radius 3 is 2.41 bits per heavy atom. The molecule has 4 rings (SSSR count). The van der Waals surface area contributed by atoms with Crippen molar-refractivity contribution in [1.82, 2.24) is 19.9 Å². The predicted octanol–water partition coefficient (Wildman–Crippen LogP) is 5.85. The Bertz CT molecular complexity index is 1480. The molecule has 1 aromatic carbocycles. The summed E-state index contributed by atoms with van der Waals surface area (Å²) in [7, 11) is 1.59. The number of amides is 2. The zero-order valence-corrected chi connectivity index (χ0v) is 25.0. The van der Waals surface area contributed by atoms with E-state index in [-0.39, 0.29) is 35.7 Å². The molecule has 1 aliphatic rings. The summed E-state index contributed by atoms with van der Waals surface area (Å²) in [6.07, 6.45) is 2.84. The standard InChI is InChI=1S/C31H41N7O3/c1-30(2,3)24-16-26(36-27(35-24)18-40-7)37-29(39)34-22-13-14-23(21-11-9-8-10-20(21)22)41-19-12-15-25(32)38(17-19)28(33)31(4,5)6/h8-12,15-17,22-23,32-33H,13-14,18H2,1-7H3,(H2,34,35,36,37,39). The zero-order valence-electron chi connectivity index (χ0n) is 25.0. The molecule has 3 aromatic rings. The molecule has 4 N–H and O–H groups in total. The number of aromatic nitrogens is 3. The third kappa shape index (κ3) is 7.18. The van der Waals surface area contributed by atoms with E-state index in [1.165, 1.54) is 0 Å². The number of ether oxygens (including phenoxy) is 2. The van der Waals surface area contributed by atoms with Crippen molar-refractivity contribution in [3.63, 3.8) is 0 Å². The number of anilines is 1. The normalized spacial score (nSPS) is 17.0. The van der Waals surface area contributed by atoms with E-state index >= 15 is 0 Å². The molecule has 218 valence electrons. The van der Waals surface area contributed by atoms with Crippen LogP contribution in [0.25, 0.3) is 0 Å². The first kappa shape index (κ1) is 29.9. The number of urea groups is 1. The van der Waals surface area contributed by atoms with Crippen LogP contribution in [0.2, 0.25) is 0 Å². The maximum Gasteiger partial charge on any atom is 0.320 e. The first-order chi connectivity index (χ1) is 19.3. The molecule has 2 atom stereocenters. The van der Waals surface area contributed by atoms with Crippen molar-refractivity contribution in [2.45, 2.75) is 78.6 Å². The molecule has 41 heavy (non-hydrogen) atoms. The van der Waals surface area contributed by atoms with Gasteiger partial charge in [0.25, 0.3) is 0 Å². The van der Waals surface area contributed by atoms with E-state index in [0.29, 0.717) is 36.1 Å². The molecule has 0 saturated heterocycles. The smallest absolute Gasteiger partial charge is 0.320 e. The Kier molecular flexibility index (Phi) is 8.63. The van der Waals surface area contributed by atoms with Crippen molar-refractivity contribution >= 4 is 17.7 Å². The second kappa shape index (κ2) is 11.8. The van der Waals surface area contributed by atoms with E-state index in [2.05, 4.69) is 41.4 Å². The maximum atomic E-state index is 13.1. The van der Waals surface area contributed by atoms with Crippen LogP contribution in [0.4, 0.5) is 10.6 Å². The summed E-state index contributed by atoms with van der Waals surface area (Å²) < 4.78 is 13.2. The Morgan fingerprint density at radius 2 is 1.76 bits per heavy atom. The van der Waals surface area contributed by atoms with Crippen LogP contribution in [0.5, 0.6) is 5.75 Å². The minimum Gasteiger partial charge on any atom is -0.484 e. The molecule has 0 aliphatic heterocycles. The summed E-state index contributed by atoms with van der Waals surface area (Å²) in [6, 6.07) is 12.6. The lowest BCUT2D eigenvalue weighted by Gasteiger charge is -2.32. The quantitative estimate of drug-likeness (QED) is 0.222. The summed E-state index contributed by atoms with van der Waals surface area (Å²) in [5.41, 5.74) is 2.39. The van der Waals surface area contributed by atoms with Gasteiger partial charge in [-0.15, -0.1) is 0 Å². The van der Waals surface area contributed by atoms with Crippen LogP contribution < -0.4 is 20.9 Å². The van der Waals surface area contributed by atoms with E-state index in [1.807, 2.05) is 45.0 Å². The number of methoxy groups -OCH3 is 1. The van der Waals surface area contributed by atoms with Crippen LogP contribution in [0.15, 0.2) is 48.7 Å². The lowest BCUT2D eigenvalue weighted by Crippen LogP contribution is -2.36. The molecule has 0 radical (unpaired) electrons. The minimum absolute atomic E-state index is 0.206. The number of nitrogens with zero attached hydrogens (tertiary/aromatic N) is 3. The fourth-order valence-electron chi connectivity index (χ4n) is 4.73. The number of carbonyl (C=O) groups excluding carboxylic acids is 1. The van der Waals surface area contributed by atoms with Crippen molar-refractivity contribution in [3.8, 4) is 5.75 Å². The number of rotatable bonds is 6. The van der Waals surface area contributed by atoms with Gasteiger partial charge < -0.3 is 14.8 Å². The Labute approximate surface area is 241 Å². The highest BCUT2D eigenvalue weighted by atomic mass is 16.5. The van der Waals surface area contributed by atoms with Gasteiger partial charge in [0, 0.05) is 24.0 Å². The molecule has 10 nitrogen and oxygen atoms in total. The molecule has 2 amide bonds. The molecular formula is C31H41N7O3. The Hall–Kier alpha value is -4.05. The van der Waals surface area contributed by atoms with E-state index < -0.39 is 5.41 Å². The second-order valence-corrected chi connectivity index (χ2v) is 12.4. The molecule has 2 heterocycles. The number of carbonyl (C=O) groups is 1. The van der Waals surface area contributed by atoms with Gasteiger partial charge in [0.2, 0.25) is 0 Å². The lowest BCUT2D eigenvalue weighted by atomic mass is 9.85. The van der Waals surface area contributed by atoms with E-state index in [0.717, 1.165) is 16.8 Å². The van der Waals surface area contributed by atoms with E-state index in [9.17, 15) is 4.79 Å². The van der Waals surface area contributed by atoms with Crippen molar-refractivity contribution in [3.05, 3.63) is 76.8 Å². The molecule has 0 spiro atoms. The van der Waals surface area contributed by atoms with E-state index in [1.54, 1.807) is 36.1 Å². The molecule has 10 heteroatoms. The van der Waals surface area contributed by atoms with Crippen LogP contribution in [0.1, 0.15) is 89.2 Å². The molecule has 0 fully saturated rings. The third-order valence-electron chi connectivity index (χ3n) is 6.95. The highest BCUT2D eigenvalue weighted by molar-refractivity contribution is 5.88. The van der Waals surface area contributed by atoms with Gasteiger partial charge in [-0.3, -0.25) is 20.7 Å². The van der Waals surface area contributed by atoms with Crippen molar-refractivity contribution in [2.75, 3.05) is 12.4 Å². The van der Waals surface area contributed by atoms with Gasteiger partial charge in [0.1, 0.15) is 35.6 Å². The monoisotopic (exact) mass is 559 g/mol.